The van der Waals surface area contributed by atoms with Gasteiger partial charge in [0.05, 0.1) is 10.0 Å². The maximum Gasteiger partial charge on any atom is 0.252 e. The molecule has 0 aliphatic carbocycles. The van der Waals surface area contributed by atoms with Crippen LogP contribution in [0.25, 0.3) is 0 Å². The second kappa shape index (κ2) is 5.71. The Kier molecular flexibility index (Phi) is 4.21. The van der Waals surface area contributed by atoms with Crippen LogP contribution >= 0.6 is 31.9 Å². The zero-order chi connectivity index (χ0) is 14.0. The number of rotatable bonds is 3. The molecule has 0 bridgehead atoms. The average Bonchev–Trinajstić information content (AvgIpc) is 2.33. The molecule has 0 radical (unpaired) electrons. The van der Waals surface area contributed by atoms with Crippen molar-refractivity contribution < 1.29 is 13.9 Å². The van der Waals surface area contributed by atoms with Crippen LogP contribution in [0.1, 0.15) is 10.4 Å². The Morgan fingerprint density at radius 1 is 1.16 bits per heavy atom. The summed E-state index contributed by atoms with van der Waals surface area (Å²) in [5.74, 6) is -0.283. The molecule has 0 saturated carbocycles. The highest BCUT2D eigenvalue weighted by atomic mass is 79.9. The van der Waals surface area contributed by atoms with E-state index in [1.54, 1.807) is 18.2 Å². The summed E-state index contributed by atoms with van der Waals surface area (Å²) in [5, 5.41) is 0. The summed E-state index contributed by atoms with van der Waals surface area (Å²) in [6, 6.07) is 9.07. The molecule has 0 aliphatic heterocycles. The Hall–Kier alpha value is -1.40. The van der Waals surface area contributed by atoms with Crippen molar-refractivity contribution >= 4 is 37.8 Å². The lowest BCUT2D eigenvalue weighted by Gasteiger charge is -2.10. The highest BCUT2D eigenvalue weighted by molar-refractivity contribution is 9.10. The molecule has 3 nitrogen and oxygen atoms in total. The Morgan fingerprint density at radius 3 is 2.53 bits per heavy atom. The summed E-state index contributed by atoms with van der Waals surface area (Å²) in [5.41, 5.74) is 5.52. The van der Waals surface area contributed by atoms with Crippen LogP contribution in [0.15, 0.2) is 45.3 Å². The highest BCUT2D eigenvalue weighted by Gasteiger charge is 2.11. The number of benzene rings is 2. The number of primary amides is 1. The predicted molar refractivity (Wildman–Crippen MR) is 76.8 cm³/mol. The van der Waals surface area contributed by atoms with Gasteiger partial charge in [-0.05, 0) is 52.3 Å². The van der Waals surface area contributed by atoms with E-state index >= 15 is 0 Å². The Labute approximate surface area is 125 Å². The van der Waals surface area contributed by atoms with E-state index in [2.05, 4.69) is 31.9 Å². The van der Waals surface area contributed by atoms with Crippen molar-refractivity contribution in [2.75, 3.05) is 0 Å². The molecule has 2 aromatic rings. The first-order chi connectivity index (χ1) is 8.97. The Bertz CT molecular complexity index is 647. The third-order valence-electron chi connectivity index (χ3n) is 2.33. The quantitative estimate of drug-likeness (QED) is 0.854. The van der Waals surface area contributed by atoms with Gasteiger partial charge in [0.15, 0.2) is 0 Å². The van der Waals surface area contributed by atoms with Gasteiger partial charge in [-0.25, -0.2) is 4.39 Å². The van der Waals surface area contributed by atoms with Crippen molar-refractivity contribution in [1.29, 1.82) is 0 Å². The third kappa shape index (κ3) is 3.33. The maximum absolute atomic E-state index is 13.1. The van der Waals surface area contributed by atoms with Gasteiger partial charge >= 0.3 is 0 Å². The lowest BCUT2D eigenvalue weighted by Crippen LogP contribution is -2.12. The molecule has 6 heteroatoms. The number of hydrogen-bond acceptors (Lipinski definition) is 2. The Balaban J connectivity index is 2.39. The van der Waals surface area contributed by atoms with E-state index in [1.807, 2.05) is 0 Å². The molecule has 0 atom stereocenters. The average molecular weight is 389 g/mol. The molecule has 0 fully saturated rings. The summed E-state index contributed by atoms with van der Waals surface area (Å²) >= 11 is 6.35. The lowest BCUT2D eigenvalue weighted by atomic mass is 10.2. The van der Waals surface area contributed by atoms with E-state index in [0.29, 0.717) is 11.5 Å². The summed E-state index contributed by atoms with van der Waals surface area (Å²) in [6.45, 7) is 0. The van der Waals surface area contributed by atoms with Crippen molar-refractivity contribution in [3.63, 3.8) is 0 Å². The van der Waals surface area contributed by atoms with Crippen LogP contribution in [0.3, 0.4) is 0 Å². The van der Waals surface area contributed by atoms with Crippen LogP contribution in [-0.4, -0.2) is 5.91 Å². The van der Waals surface area contributed by atoms with Crippen molar-refractivity contribution in [1.82, 2.24) is 0 Å². The molecule has 0 aliphatic rings. The SMILES string of the molecule is NC(=O)c1ccc(Br)cc1Oc1ccc(F)c(Br)c1. The van der Waals surface area contributed by atoms with Crippen LogP contribution in [0.2, 0.25) is 0 Å². The number of amides is 1. The zero-order valence-corrected chi connectivity index (χ0v) is 12.7. The number of hydrogen-bond donors (Lipinski definition) is 1. The second-order valence-electron chi connectivity index (χ2n) is 3.68. The fourth-order valence-electron chi connectivity index (χ4n) is 1.45. The molecule has 2 N–H and O–H groups in total. The van der Waals surface area contributed by atoms with Crippen molar-refractivity contribution in [2.24, 2.45) is 5.73 Å². The van der Waals surface area contributed by atoms with Gasteiger partial charge in [-0.1, -0.05) is 15.9 Å². The summed E-state index contributed by atoms with van der Waals surface area (Å²) < 4.78 is 19.7. The van der Waals surface area contributed by atoms with Gasteiger partial charge in [-0.3, -0.25) is 4.79 Å². The Morgan fingerprint density at radius 2 is 1.89 bits per heavy atom. The number of carbonyl (C=O) groups excluding carboxylic acids is 1. The first-order valence-electron chi connectivity index (χ1n) is 5.19. The number of ether oxygens (including phenoxy) is 1. The second-order valence-corrected chi connectivity index (χ2v) is 5.45. The molecule has 0 heterocycles. The maximum atomic E-state index is 13.1. The predicted octanol–water partition coefficient (Wildman–Crippen LogP) is 4.24. The molecule has 1 amide bonds. The summed E-state index contributed by atoms with van der Waals surface area (Å²) in [7, 11) is 0. The van der Waals surface area contributed by atoms with E-state index in [9.17, 15) is 9.18 Å². The summed E-state index contributed by atoms with van der Waals surface area (Å²) in [4.78, 5) is 11.3. The first kappa shape index (κ1) is 14.0. The minimum atomic E-state index is -0.594. The zero-order valence-electron chi connectivity index (χ0n) is 9.49. The van der Waals surface area contributed by atoms with E-state index < -0.39 is 11.7 Å². The van der Waals surface area contributed by atoms with Gasteiger partial charge in [0.1, 0.15) is 17.3 Å². The summed E-state index contributed by atoms with van der Waals surface area (Å²) in [6.07, 6.45) is 0. The van der Waals surface area contributed by atoms with E-state index in [-0.39, 0.29) is 10.0 Å². The monoisotopic (exact) mass is 387 g/mol. The molecule has 98 valence electrons. The molecular formula is C13H8Br2FNO2. The number of carbonyl (C=O) groups is 1. The van der Waals surface area contributed by atoms with Crippen LogP contribution in [0.5, 0.6) is 11.5 Å². The fraction of sp³-hybridized carbons (Fsp3) is 0. The van der Waals surface area contributed by atoms with Crippen molar-refractivity contribution in [2.45, 2.75) is 0 Å². The van der Waals surface area contributed by atoms with E-state index in [1.165, 1.54) is 18.2 Å². The highest BCUT2D eigenvalue weighted by Crippen LogP contribution is 2.30. The molecular weight excluding hydrogens is 381 g/mol. The minimum absolute atomic E-state index is 0.253. The van der Waals surface area contributed by atoms with E-state index in [4.69, 9.17) is 10.5 Å². The van der Waals surface area contributed by atoms with Gasteiger partial charge in [0.25, 0.3) is 5.91 Å². The molecule has 0 unspecified atom stereocenters. The molecule has 2 rings (SSSR count). The van der Waals surface area contributed by atoms with Crippen LogP contribution < -0.4 is 10.5 Å². The van der Waals surface area contributed by atoms with Gasteiger partial charge in [-0.15, -0.1) is 0 Å². The standard InChI is InChI=1S/C13H8Br2FNO2/c14-7-1-3-9(13(17)18)12(5-7)19-8-2-4-11(16)10(15)6-8/h1-6H,(H2,17,18). The smallest absolute Gasteiger partial charge is 0.252 e. The molecule has 0 spiro atoms. The van der Waals surface area contributed by atoms with Crippen molar-refractivity contribution in [3.05, 3.63) is 56.7 Å². The minimum Gasteiger partial charge on any atom is -0.456 e. The van der Waals surface area contributed by atoms with E-state index in [0.717, 1.165) is 4.47 Å². The number of halogens is 3. The normalized spacial score (nSPS) is 10.3. The molecule has 0 saturated heterocycles. The molecule has 19 heavy (non-hydrogen) atoms. The fourth-order valence-corrected chi connectivity index (χ4v) is 2.15. The number of nitrogens with two attached hydrogens (primary N) is 1. The van der Waals surface area contributed by atoms with Gasteiger partial charge in [-0.2, -0.15) is 0 Å². The van der Waals surface area contributed by atoms with Crippen LogP contribution in [0.4, 0.5) is 4.39 Å². The largest absolute Gasteiger partial charge is 0.456 e. The van der Waals surface area contributed by atoms with Gasteiger partial charge < -0.3 is 10.5 Å². The molecule has 2 aromatic carbocycles. The third-order valence-corrected chi connectivity index (χ3v) is 3.43. The topological polar surface area (TPSA) is 52.3 Å². The van der Waals surface area contributed by atoms with Gasteiger partial charge in [0.2, 0.25) is 0 Å². The van der Waals surface area contributed by atoms with Gasteiger partial charge in [0, 0.05) is 4.47 Å². The van der Waals surface area contributed by atoms with Crippen LogP contribution in [0, 0.1) is 5.82 Å². The van der Waals surface area contributed by atoms with Crippen molar-refractivity contribution in [3.8, 4) is 11.5 Å². The lowest BCUT2D eigenvalue weighted by molar-refractivity contribution is 0.0998. The van der Waals surface area contributed by atoms with Crippen LogP contribution in [-0.2, 0) is 0 Å². The molecule has 0 aromatic heterocycles. The first-order valence-corrected chi connectivity index (χ1v) is 6.78.